The van der Waals surface area contributed by atoms with Crippen molar-refractivity contribution in [2.75, 3.05) is 42.7 Å². The van der Waals surface area contributed by atoms with Crippen LogP contribution in [-0.4, -0.2) is 64.6 Å². The molecule has 3 heterocycles. The van der Waals surface area contributed by atoms with Crippen LogP contribution in [-0.2, 0) is 4.79 Å². The second-order valence-corrected chi connectivity index (χ2v) is 7.84. The molecule has 4 rings (SSSR count). The van der Waals surface area contributed by atoms with Gasteiger partial charge in [-0.2, -0.15) is 4.98 Å². The van der Waals surface area contributed by atoms with E-state index in [1.165, 1.54) is 11.3 Å². The number of nitrogens with zero attached hydrogens (tertiary/aromatic N) is 5. The molecule has 1 aliphatic rings. The lowest BCUT2D eigenvalue weighted by Crippen LogP contribution is -2.57. The van der Waals surface area contributed by atoms with E-state index < -0.39 is 5.91 Å². The lowest BCUT2D eigenvalue weighted by Gasteiger charge is -2.41. The van der Waals surface area contributed by atoms with Gasteiger partial charge in [0.25, 0.3) is 0 Å². The van der Waals surface area contributed by atoms with E-state index in [4.69, 9.17) is 16.2 Å². The molecule has 1 saturated heterocycles. The molecule has 0 aliphatic carbocycles. The first-order chi connectivity index (χ1) is 15.0. The van der Waals surface area contributed by atoms with Crippen molar-refractivity contribution in [2.24, 2.45) is 5.73 Å². The molecule has 2 aromatic heterocycles. The van der Waals surface area contributed by atoms with Crippen molar-refractivity contribution >= 4 is 51.1 Å². The average Bonchev–Trinajstić information content (AvgIpc) is 3.21. The highest BCUT2D eigenvalue weighted by molar-refractivity contribution is 7.16. The number of hydrogen-bond acceptors (Lipinski definition) is 9. The number of amides is 3. The van der Waals surface area contributed by atoms with Crippen molar-refractivity contribution < 1.29 is 14.3 Å². The number of nitrogen functional groups attached to an aromatic ring is 1. The van der Waals surface area contributed by atoms with Gasteiger partial charge in [-0.1, -0.05) is 12.1 Å². The molecule has 0 bridgehead atoms. The Hall–Kier alpha value is -3.67. The highest BCUT2D eigenvalue weighted by atomic mass is 32.1. The number of rotatable bonds is 5. The molecular weight excluding hydrogens is 420 g/mol. The summed E-state index contributed by atoms with van der Waals surface area (Å²) in [7, 11) is 1.54. The van der Waals surface area contributed by atoms with E-state index in [-0.39, 0.29) is 31.0 Å². The van der Waals surface area contributed by atoms with Crippen LogP contribution in [0.25, 0.3) is 10.3 Å². The van der Waals surface area contributed by atoms with E-state index in [0.717, 1.165) is 0 Å². The van der Waals surface area contributed by atoms with Crippen LogP contribution >= 0.6 is 11.3 Å². The summed E-state index contributed by atoms with van der Waals surface area (Å²) < 4.78 is 5.29. The third-order valence-electron chi connectivity index (χ3n) is 5.02. The van der Waals surface area contributed by atoms with E-state index in [2.05, 4.69) is 20.3 Å². The van der Waals surface area contributed by atoms with Crippen LogP contribution in [0.15, 0.2) is 29.8 Å². The number of fused-ring (bicyclic) bond motifs is 1. The van der Waals surface area contributed by atoms with Gasteiger partial charge in [0, 0.05) is 26.1 Å². The topological polar surface area (TPSA) is 153 Å². The molecule has 1 unspecified atom stereocenters. The first-order valence-electron chi connectivity index (χ1n) is 9.57. The van der Waals surface area contributed by atoms with Crippen LogP contribution in [0.1, 0.15) is 6.42 Å². The van der Waals surface area contributed by atoms with Gasteiger partial charge in [-0.3, -0.25) is 4.79 Å². The van der Waals surface area contributed by atoms with E-state index in [1.54, 1.807) is 29.7 Å². The quantitative estimate of drug-likeness (QED) is 0.534. The predicted molar refractivity (Wildman–Crippen MR) is 118 cm³/mol. The Kier molecular flexibility index (Phi) is 5.71. The summed E-state index contributed by atoms with van der Waals surface area (Å²) >= 11 is 1.36. The first-order valence-corrected chi connectivity index (χ1v) is 10.4. The number of nitrogens with one attached hydrogen (secondary N) is 1. The minimum Gasteiger partial charge on any atom is -0.495 e. The fourth-order valence-corrected chi connectivity index (χ4v) is 4.29. The number of anilines is 3. The molecule has 0 spiro atoms. The number of para-hydroxylation sites is 2. The number of methoxy groups -OCH3 is 1. The van der Waals surface area contributed by atoms with Crippen molar-refractivity contribution in [3.8, 4) is 5.75 Å². The van der Waals surface area contributed by atoms with Gasteiger partial charge in [0.2, 0.25) is 11.9 Å². The molecule has 1 aromatic carbocycles. The second-order valence-electron chi connectivity index (χ2n) is 7.01. The Morgan fingerprint density at radius 3 is 2.87 bits per heavy atom. The number of carbonyl (C=O) groups excluding carboxylic acids is 2. The van der Waals surface area contributed by atoms with Gasteiger partial charge in [0.1, 0.15) is 11.3 Å². The summed E-state index contributed by atoms with van der Waals surface area (Å²) in [5.41, 5.74) is 14.2. The number of carbonyl (C=O) groups is 2. The van der Waals surface area contributed by atoms with Crippen LogP contribution in [0, 0.1) is 0 Å². The number of aromatic nitrogens is 3. The molecule has 5 N–H and O–H groups in total. The average molecular weight is 443 g/mol. The van der Waals surface area contributed by atoms with Crippen molar-refractivity contribution in [1.29, 1.82) is 0 Å². The Labute approximate surface area is 182 Å². The van der Waals surface area contributed by atoms with Crippen LogP contribution in [0.5, 0.6) is 5.75 Å². The molecule has 1 aliphatic heterocycles. The summed E-state index contributed by atoms with van der Waals surface area (Å²) in [6, 6.07) is 6.49. The maximum Gasteiger partial charge on any atom is 0.322 e. The van der Waals surface area contributed by atoms with Crippen molar-refractivity contribution in [3.05, 3.63) is 29.8 Å². The number of thiazole rings is 1. The summed E-state index contributed by atoms with van der Waals surface area (Å²) in [5, 5.41) is 2.87. The van der Waals surface area contributed by atoms with E-state index in [9.17, 15) is 9.59 Å². The number of benzene rings is 1. The Bertz CT molecular complexity index is 1120. The third kappa shape index (κ3) is 4.28. The van der Waals surface area contributed by atoms with Crippen LogP contribution in [0.4, 0.5) is 22.2 Å². The second kappa shape index (κ2) is 8.60. The minimum absolute atomic E-state index is 0.0496. The van der Waals surface area contributed by atoms with Gasteiger partial charge in [0.15, 0.2) is 10.6 Å². The molecule has 3 aromatic rings. The van der Waals surface area contributed by atoms with Crippen molar-refractivity contribution in [1.82, 2.24) is 19.9 Å². The molecule has 1 atom stereocenters. The summed E-state index contributed by atoms with van der Waals surface area (Å²) in [6.07, 6.45) is 0.0496. The van der Waals surface area contributed by atoms with Gasteiger partial charge >= 0.3 is 6.03 Å². The number of piperazine rings is 1. The van der Waals surface area contributed by atoms with Crippen LogP contribution < -0.4 is 26.4 Å². The molecule has 31 heavy (non-hydrogen) atoms. The van der Waals surface area contributed by atoms with Gasteiger partial charge in [-0.15, -0.1) is 11.3 Å². The molecule has 0 radical (unpaired) electrons. The molecule has 11 nitrogen and oxygen atoms in total. The fourth-order valence-electron chi connectivity index (χ4n) is 3.63. The smallest absolute Gasteiger partial charge is 0.322 e. The van der Waals surface area contributed by atoms with Crippen LogP contribution in [0.2, 0.25) is 0 Å². The largest absolute Gasteiger partial charge is 0.495 e. The van der Waals surface area contributed by atoms with Gasteiger partial charge in [-0.25, -0.2) is 14.8 Å². The highest BCUT2D eigenvalue weighted by Gasteiger charge is 2.33. The van der Waals surface area contributed by atoms with Gasteiger partial charge in [0.05, 0.1) is 24.3 Å². The Morgan fingerprint density at radius 1 is 1.29 bits per heavy atom. The summed E-state index contributed by atoms with van der Waals surface area (Å²) in [5.74, 6) is 0.754. The summed E-state index contributed by atoms with van der Waals surface area (Å²) in [4.78, 5) is 41.8. The zero-order chi connectivity index (χ0) is 22.0. The van der Waals surface area contributed by atoms with Gasteiger partial charge in [-0.05, 0) is 12.1 Å². The number of ether oxygens (including phenoxy) is 1. The minimum atomic E-state index is -0.474. The van der Waals surface area contributed by atoms with Crippen LogP contribution in [0.3, 0.4) is 0 Å². The predicted octanol–water partition coefficient (Wildman–Crippen LogP) is 1.28. The van der Waals surface area contributed by atoms with E-state index in [1.807, 2.05) is 17.0 Å². The SMILES string of the molecule is COc1ccccc1NC(=O)N1CCN(c2nc(N)nc3scnc23)C(CC(N)=O)C1. The molecule has 1 fully saturated rings. The monoisotopic (exact) mass is 442 g/mol. The number of primary amides is 1. The number of urea groups is 1. The molecule has 162 valence electrons. The lowest BCUT2D eigenvalue weighted by molar-refractivity contribution is -0.118. The molecule has 0 saturated carbocycles. The van der Waals surface area contributed by atoms with E-state index >= 15 is 0 Å². The normalized spacial score (nSPS) is 16.4. The Morgan fingerprint density at radius 2 is 2.10 bits per heavy atom. The first kappa shape index (κ1) is 20.6. The van der Waals surface area contributed by atoms with Crippen molar-refractivity contribution in [3.63, 3.8) is 0 Å². The Balaban J connectivity index is 1.57. The zero-order valence-corrected chi connectivity index (χ0v) is 17.6. The molecule has 12 heteroatoms. The van der Waals surface area contributed by atoms with Gasteiger partial charge < -0.3 is 31.3 Å². The maximum absolute atomic E-state index is 12.9. The molecule has 3 amide bonds. The fraction of sp³-hybridized carbons (Fsp3) is 0.316. The highest BCUT2D eigenvalue weighted by Crippen LogP contribution is 2.30. The maximum atomic E-state index is 12.9. The number of nitrogens with two attached hydrogens (primary N) is 2. The third-order valence-corrected chi connectivity index (χ3v) is 5.74. The standard InChI is InChI=1S/C19H22N8O3S/c1-30-13-5-3-2-4-12(13)23-19(29)26-6-7-27(11(9-26)8-14(20)28)16-15-17(31-10-22-15)25-18(21)24-16/h2-5,10-11H,6-9H2,1H3,(H2,20,28)(H,23,29)(H2,21,24,25). The lowest BCUT2D eigenvalue weighted by atomic mass is 10.1. The van der Waals surface area contributed by atoms with E-state index in [0.29, 0.717) is 40.7 Å². The summed E-state index contributed by atoms with van der Waals surface area (Å²) in [6.45, 7) is 1.12. The zero-order valence-electron chi connectivity index (χ0n) is 16.8. The number of hydrogen-bond donors (Lipinski definition) is 3. The molecular formula is C19H22N8O3S. The van der Waals surface area contributed by atoms with Crippen molar-refractivity contribution in [2.45, 2.75) is 12.5 Å².